The minimum atomic E-state index is -0.800. The number of hydrogen-bond donors (Lipinski definition) is 1. The van der Waals surface area contributed by atoms with Gasteiger partial charge < -0.3 is 5.32 Å². The van der Waals surface area contributed by atoms with E-state index >= 15 is 0 Å². The molecule has 0 radical (unpaired) electrons. The third kappa shape index (κ3) is 2.94. The number of nitrogens with one attached hydrogen (secondary N) is 1. The van der Waals surface area contributed by atoms with E-state index in [1.54, 1.807) is 0 Å². The summed E-state index contributed by atoms with van der Waals surface area (Å²) in [4.78, 5) is 21.7. The molecular formula is C13H8F2N2O3. The number of nitrogens with zero attached hydrogens (tertiary/aromatic N) is 1. The molecule has 2 rings (SSSR count). The molecule has 2 aromatic carbocycles. The lowest BCUT2D eigenvalue weighted by Crippen LogP contribution is -2.13. The Labute approximate surface area is 112 Å². The third-order valence-corrected chi connectivity index (χ3v) is 2.52. The van der Waals surface area contributed by atoms with Gasteiger partial charge >= 0.3 is 0 Å². The molecule has 0 aliphatic rings. The lowest BCUT2D eigenvalue weighted by atomic mass is 10.2. The summed E-state index contributed by atoms with van der Waals surface area (Å²) in [7, 11) is 0. The topological polar surface area (TPSA) is 72.2 Å². The van der Waals surface area contributed by atoms with E-state index in [0.717, 1.165) is 30.3 Å². The average Bonchev–Trinajstić information content (AvgIpc) is 2.41. The van der Waals surface area contributed by atoms with Gasteiger partial charge in [-0.15, -0.1) is 0 Å². The van der Waals surface area contributed by atoms with E-state index in [1.807, 2.05) is 0 Å². The number of amides is 1. The second-order valence-electron chi connectivity index (χ2n) is 3.88. The van der Waals surface area contributed by atoms with Crippen molar-refractivity contribution < 1.29 is 18.5 Å². The monoisotopic (exact) mass is 278 g/mol. The zero-order valence-corrected chi connectivity index (χ0v) is 9.97. The van der Waals surface area contributed by atoms with Crippen molar-refractivity contribution in [2.24, 2.45) is 0 Å². The van der Waals surface area contributed by atoms with E-state index in [-0.39, 0.29) is 16.9 Å². The van der Waals surface area contributed by atoms with Gasteiger partial charge in [-0.1, -0.05) is 0 Å². The van der Waals surface area contributed by atoms with Gasteiger partial charge in [0.25, 0.3) is 11.6 Å². The molecule has 0 aromatic heterocycles. The Hall–Kier alpha value is -2.83. The Bertz CT molecular complexity index is 672. The first-order chi connectivity index (χ1) is 9.47. The highest BCUT2D eigenvalue weighted by atomic mass is 19.1. The predicted octanol–water partition coefficient (Wildman–Crippen LogP) is 3.13. The molecule has 0 unspecified atom stereocenters. The minimum Gasteiger partial charge on any atom is -0.319 e. The molecule has 1 amide bonds. The number of non-ortho nitro benzene ring substituents is 1. The van der Waals surface area contributed by atoms with Crippen LogP contribution in [0.2, 0.25) is 0 Å². The molecule has 102 valence electrons. The van der Waals surface area contributed by atoms with E-state index in [1.165, 1.54) is 12.1 Å². The van der Waals surface area contributed by atoms with E-state index in [2.05, 4.69) is 5.32 Å². The molecule has 0 saturated heterocycles. The maximum atomic E-state index is 13.5. The fraction of sp³-hybridized carbons (Fsp3) is 0. The summed E-state index contributed by atoms with van der Waals surface area (Å²) in [5.74, 6) is -2.00. The molecule has 0 bridgehead atoms. The smallest absolute Gasteiger partial charge is 0.271 e. The summed E-state index contributed by atoms with van der Waals surface area (Å²) < 4.78 is 26.2. The summed E-state index contributed by atoms with van der Waals surface area (Å²) in [6.45, 7) is 0. The molecule has 0 saturated carbocycles. The van der Waals surface area contributed by atoms with Crippen LogP contribution in [0.4, 0.5) is 20.2 Å². The molecule has 2 aromatic rings. The van der Waals surface area contributed by atoms with Crippen LogP contribution >= 0.6 is 0 Å². The zero-order valence-electron chi connectivity index (χ0n) is 9.97. The molecule has 0 atom stereocenters. The Morgan fingerprint density at radius 1 is 1.10 bits per heavy atom. The van der Waals surface area contributed by atoms with Crippen LogP contribution in [0.5, 0.6) is 0 Å². The average molecular weight is 278 g/mol. The van der Waals surface area contributed by atoms with Gasteiger partial charge in [0.2, 0.25) is 0 Å². The summed E-state index contributed by atoms with van der Waals surface area (Å²) >= 11 is 0. The summed E-state index contributed by atoms with van der Waals surface area (Å²) in [5.41, 5.74) is -0.549. The summed E-state index contributed by atoms with van der Waals surface area (Å²) in [5, 5.41) is 12.8. The molecule has 7 heteroatoms. The van der Waals surface area contributed by atoms with Crippen molar-refractivity contribution in [3.63, 3.8) is 0 Å². The van der Waals surface area contributed by atoms with Gasteiger partial charge in [0.15, 0.2) is 0 Å². The van der Waals surface area contributed by atoms with Gasteiger partial charge in [0.05, 0.1) is 10.6 Å². The van der Waals surface area contributed by atoms with Crippen molar-refractivity contribution in [2.45, 2.75) is 0 Å². The Morgan fingerprint density at radius 3 is 2.35 bits per heavy atom. The molecule has 0 heterocycles. The number of carbonyl (C=O) groups excluding carboxylic acids is 1. The van der Waals surface area contributed by atoms with Crippen LogP contribution in [-0.4, -0.2) is 10.8 Å². The van der Waals surface area contributed by atoms with Crippen molar-refractivity contribution in [3.05, 3.63) is 69.8 Å². The number of halogens is 2. The second-order valence-corrected chi connectivity index (χ2v) is 3.88. The van der Waals surface area contributed by atoms with Crippen LogP contribution in [0.25, 0.3) is 0 Å². The fourth-order valence-corrected chi connectivity index (χ4v) is 1.52. The number of rotatable bonds is 3. The highest BCUT2D eigenvalue weighted by Crippen LogP contribution is 2.21. The Morgan fingerprint density at radius 2 is 1.75 bits per heavy atom. The van der Waals surface area contributed by atoms with Crippen molar-refractivity contribution in [2.75, 3.05) is 5.32 Å². The molecule has 20 heavy (non-hydrogen) atoms. The number of benzene rings is 2. The third-order valence-electron chi connectivity index (χ3n) is 2.52. The summed E-state index contributed by atoms with van der Waals surface area (Å²) in [6.07, 6.45) is 0. The van der Waals surface area contributed by atoms with Crippen LogP contribution in [0.15, 0.2) is 42.5 Å². The Kier molecular flexibility index (Phi) is 3.69. The highest BCUT2D eigenvalue weighted by molar-refractivity contribution is 6.04. The number of carbonyl (C=O) groups is 1. The van der Waals surface area contributed by atoms with E-state index < -0.39 is 22.5 Å². The van der Waals surface area contributed by atoms with Crippen LogP contribution < -0.4 is 5.32 Å². The van der Waals surface area contributed by atoms with Crippen molar-refractivity contribution >= 4 is 17.3 Å². The van der Waals surface area contributed by atoms with Gasteiger partial charge in [-0.05, 0) is 30.3 Å². The first-order valence-corrected chi connectivity index (χ1v) is 5.48. The maximum Gasteiger partial charge on any atom is 0.271 e. The van der Waals surface area contributed by atoms with Gasteiger partial charge in [-0.25, -0.2) is 8.78 Å². The van der Waals surface area contributed by atoms with Crippen LogP contribution in [-0.2, 0) is 0 Å². The summed E-state index contributed by atoms with van der Waals surface area (Å²) in [6, 6.07) is 7.40. The molecule has 5 nitrogen and oxygen atoms in total. The number of anilines is 1. The van der Waals surface area contributed by atoms with Crippen molar-refractivity contribution in [1.82, 2.24) is 0 Å². The molecule has 0 aliphatic heterocycles. The first-order valence-electron chi connectivity index (χ1n) is 5.48. The van der Waals surface area contributed by atoms with Gasteiger partial charge in [0.1, 0.15) is 11.6 Å². The quantitative estimate of drug-likeness (QED) is 0.692. The van der Waals surface area contributed by atoms with Gasteiger partial charge in [0, 0.05) is 17.7 Å². The maximum absolute atomic E-state index is 13.5. The van der Waals surface area contributed by atoms with Gasteiger partial charge in [-0.3, -0.25) is 14.9 Å². The largest absolute Gasteiger partial charge is 0.319 e. The van der Waals surface area contributed by atoms with Crippen LogP contribution in [0.1, 0.15) is 10.4 Å². The van der Waals surface area contributed by atoms with Crippen molar-refractivity contribution in [1.29, 1.82) is 0 Å². The van der Waals surface area contributed by atoms with Crippen molar-refractivity contribution in [3.8, 4) is 0 Å². The van der Waals surface area contributed by atoms with E-state index in [4.69, 9.17) is 0 Å². The van der Waals surface area contributed by atoms with E-state index in [9.17, 15) is 23.7 Å². The second kappa shape index (κ2) is 5.43. The normalized spacial score (nSPS) is 10.1. The molecular weight excluding hydrogens is 270 g/mol. The predicted molar refractivity (Wildman–Crippen MR) is 67.4 cm³/mol. The standard InChI is InChI=1S/C13H8F2N2O3/c14-9-3-1-8(2-4-9)13(18)16-12-7-10(17(19)20)5-6-11(12)15/h1-7H,(H,16,18). The zero-order chi connectivity index (χ0) is 14.7. The minimum absolute atomic E-state index is 0.109. The number of hydrogen-bond acceptors (Lipinski definition) is 3. The SMILES string of the molecule is O=C(Nc1cc([N+](=O)[O-])ccc1F)c1ccc(F)cc1. The number of nitro benzene ring substituents is 1. The fourth-order valence-electron chi connectivity index (χ4n) is 1.52. The lowest BCUT2D eigenvalue weighted by Gasteiger charge is -2.06. The highest BCUT2D eigenvalue weighted by Gasteiger charge is 2.14. The lowest BCUT2D eigenvalue weighted by molar-refractivity contribution is -0.384. The Balaban J connectivity index is 2.25. The first kappa shape index (κ1) is 13.6. The molecule has 0 fully saturated rings. The number of nitro groups is 1. The van der Waals surface area contributed by atoms with Crippen LogP contribution in [0, 0.1) is 21.7 Å². The van der Waals surface area contributed by atoms with E-state index in [0.29, 0.717) is 0 Å². The molecule has 0 spiro atoms. The molecule has 0 aliphatic carbocycles. The van der Waals surface area contributed by atoms with Crippen LogP contribution in [0.3, 0.4) is 0 Å². The van der Waals surface area contributed by atoms with Gasteiger partial charge in [-0.2, -0.15) is 0 Å². The molecule has 1 N–H and O–H groups in total.